The Morgan fingerprint density at radius 1 is 1.57 bits per heavy atom. The Morgan fingerprint density at radius 2 is 2.24 bits per heavy atom. The first kappa shape index (κ1) is 17.8. The Morgan fingerprint density at radius 3 is 2.76 bits per heavy atom. The second-order valence-electron chi connectivity index (χ2n) is 3.65. The predicted octanol–water partition coefficient (Wildman–Crippen LogP) is 0.351. The molecule has 12 heteroatoms. The maximum Gasteiger partial charge on any atom is 0.300 e. The molecule has 0 bridgehead atoms. The number of hydrogen-bond donors (Lipinski definition) is 2. The van der Waals surface area contributed by atoms with E-state index in [2.05, 4.69) is 5.32 Å². The first-order chi connectivity index (χ1) is 9.77. The van der Waals surface area contributed by atoms with Crippen LogP contribution in [0.15, 0.2) is 10.3 Å². The Balaban J connectivity index is 2.67. The van der Waals surface area contributed by atoms with Gasteiger partial charge in [-0.15, -0.1) is 11.3 Å². The van der Waals surface area contributed by atoms with Crippen LogP contribution in [-0.4, -0.2) is 46.1 Å². The van der Waals surface area contributed by atoms with Gasteiger partial charge in [-0.3, -0.25) is 14.9 Å². The van der Waals surface area contributed by atoms with Crippen molar-refractivity contribution in [2.75, 3.05) is 26.8 Å². The van der Waals surface area contributed by atoms with Crippen LogP contribution in [0.1, 0.15) is 0 Å². The second kappa shape index (κ2) is 7.66. The zero-order valence-electron chi connectivity index (χ0n) is 10.8. The summed E-state index contributed by atoms with van der Waals surface area (Å²) in [5.74, 6) is -0.548. The summed E-state index contributed by atoms with van der Waals surface area (Å²) < 4.78 is 29.9. The number of rotatable bonds is 8. The third-order valence-electron chi connectivity index (χ3n) is 2.16. The molecule has 2 N–H and O–H groups in total. The second-order valence-corrected chi connectivity index (χ2v) is 7.30. The Hall–Kier alpha value is -1.27. The summed E-state index contributed by atoms with van der Waals surface area (Å²) in [5.41, 5.74) is -0.494. The fraction of sp³-hybridized carbons (Fsp3) is 0.444. The molecule has 0 atom stereocenters. The Kier molecular flexibility index (Phi) is 6.48. The van der Waals surface area contributed by atoms with E-state index in [1.54, 1.807) is 0 Å². The molecule has 9 nitrogen and oxygen atoms in total. The molecule has 1 rings (SSSR count). The molecule has 0 aliphatic heterocycles. The highest BCUT2D eigenvalue weighted by atomic mass is 35.5. The average Bonchev–Trinajstić information content (AvgIpc) is 2.80. The molecule has 0 spiro atoms. The van der Waals surface area contributed by atoms with Crippen LogP contribution in [0.3, 0.4) is 0 Å². The van der Waals surface area contributed by atoms with E-state index in [-0.39, 0.29) is 15.1 Å². The minimum absolute atomic E-state index is 0.243. The SMILES string of the molecule is COCCNC(=O)CNS(=O)(=O)c1cc([N+](=O)[O-])c(Cl)s1. The largest absolute Gasteiger partial charge is 0.383 e. The van der Waals surface area contributed by atoms with Crippen LogP contribution < -0.4 is 10.0 Å². The maximum atomic E-state index is 11.9. The molecule has 0 saturated heterocycles. The minimum Gasteiger partial charge on any atom is -0.383 e. The highest BCUT2D eigenvalue weighted by Gasteiger charge is 2.25. The van der Waals surface area contributed by atoms with E-state index in [4.69, 9.17) is 16.3 Å². The van der Waals surface area contributed by atoms with Gasteiger partial charge in [-0.2, -0.15) is 0 Å². The summed E-state index contributed by atoms with van der Waals surface area (Å²) in [6.07, 6.45) is 0. The molecule has 21 heavy (non-hydrogen) atoms. The van der Waals surface area contributed by atoms with E-state index in [0.717, 1.165) is 6.07 Å². The first-order valence-electron chi connectivity index (χ1n) is 5.47. The van der Waals surface area contributed by atoms with Gasteiger partial charge >= 0.3 is 0 Å². The molecule has 0 unspecified atom stereocenters. The molecule has 0 radical (unpaired) electrons. The maximum absolute atomic E-state index is 11.9. The van der Waals surface area contributed by atoms with Crippen molar-refractivity contribution in [3.05, 3.63) is 20.5 Å². The van der Waals surface area contributed by atoms with Gasteiger partial charge in [0.2, 0.25) is 5.91 Å². The lowest BCUT2D eigenvalue weighted by atomic mass is 10.5. The number of ether oxygens (including phenoxy) is 1. The Labute approximate surface area is 129 Å². The van der Waals surface area contributed by atoms with E-state index in [9.17, 15) is 23.3 Å². The number of halogens is 1. The Bertz CT molecular complexity index is 629. The number of methoxy groups -OCH3 is 1. The van der Waals surface area contributed by atoms with Crippen molar-refractivity contribution in [2.24, 2.45) is 0 Å². The molecule has 0 fully saturated rings. The van der Waals surface area contributed by atoms with Gasteiger partial charge in [0.15, 0.2) is 4.34 Å². The fourth-order valence-corrected chi connectivity index (χ4v) is 3.87. The van der Waals surface area contributed by atoms with Crippen LogP contribution in [0, 0.1) is 10.1 Å². The zero-order valence-corrected chi connectivity index (χ0v) is 13.2. The topological polar surface area (TPSA) is 128 Å². The summed E-state index contributed by atoms with van der Waals surface area (Å²) in [4.78, 5) is 21.2. The van der Waals surface area contributed by atoms with Gasteiger partial charge in [0, 0.05) is 19.7 Å². The molecule has 1 aromatic heterocycles. The van der Waals surface area contributed by atoms with Crippen LogP contribution in [0.25, 0.3) is 0 Å². The number of sulfonamides is 1. The summed E-state index contributed by atoms with van der Waals surface area (Å²) in [6, 6.07) is 0.845. The third-order valence-corrected chi connectivity index (χ3v) is 5.37. The highest BCUT2D eigenvalue weighted by molar-refractivity contribution is 7.91. The smallest absolute Gasteiger partial charge is 0.300 e. The lowest BCUT2D eigenvalue weighted by Crippen LogP contribution is -2.37. The van der Waals surface area contributed by atoms with Crippen molar-refractivity contribution in [1.82, 2.24) is 10.0 Å². The third kappa shape index (κ3) is 5.21. The number of nitrogens with zero attached hydrogens (tertiary/aromatic N) is 1. The van der Waals surface area contributed by atoms with Gasteiger partial charge in [0.05, 0.1) is 18.1 Å². The molecular weight excluding hydrogens is 346 g/mol. The molecule has 118 valence electrons. The van der Waals surface area contributed by atoms with E-state index < -0.39 is 33.1 Å². The molecule has 1 aromatic rings. The van der Waals surface area contributed by atoms with Crippen molar-refractivity contribution in [3.63, 3.8) is 0 Å². The summed E-state index contributed by atoms with van der Waals surface area (Å²) in [6.45, 7) is 0.0495. The standard InChI is InChI=1S/C9H12ClN3O6S2/c1-19-3-2-11-7(14)5-12-21(17,18)8-4-6(13(15)16)9(10)20-8/h4,12H,2-3,5H2,1H3,(H,11,14). The number of carbonyl (C=O) groups excluding carboxylic acids is 1. The van der Waals surface area contributed by atoms with Crippen molar-refractivity contribution in [3.8, 4) is 0 Å². The van der Waals surface area contributed by atoms with Crippen molar-refractivity contribution in [2.45, 2.75) is 4.21 Å². The van der Waals surface area contributed by atoms with Crippen molar-refractivity contribution < 1.29 is 22.9 Å². The normalized spacial score (nSPS) is 11.3. The number of thiophene rings is 1. The monoisotopic (exact) mass is 357 g/mol. The molecule has 1 heterocycles. The van der Waals surface area contributed by atoms with Crippen LogP contribution in [0.4, 0.5) is 5.69 Å². The molecule has 0 aliphatic rings. The van der Waals surface area contributed by atoms with Gasteiger partial charge in [-0.25, -0.2) is 13.1 Å². The molecule has 0 aliphatic carbocycles. The number of nitro groups is 1. The quantitative estimate of drug-likeness (QED) is 0.392. The van der Waals surface area contributed by atoms with E-state index in [1.165, 1.54) is 7.11 Å². The predicted molar refractivity (Wildman–Crippen MR) is 76.1 cm³/mol. The minimum atomic E-state index is -4.03. The lowest BCUT2D eigenvalue weighted by Gasteiger charge is -2.05. The van der Waals surface area contributed by atoms with Crippen LogP contribution in [0.2, 0.25) is 4.34 Å². The molecular formula is C9H12ClN3O6S2. The number of hydrogen-bond acceptors (Lipinski definition) is 7. The van der Waals surface area contributed by atoms with Crippen molar-refractivity contribution in [1.29, 1.82) is 0 Å². The van der Waals surface area contributed by atoms with Gasteiger partial charge in [0.1, 0.15) is 4.21 Å². The van der Waals surface area contributed by atoms with Gasteiger partial charge in [-0.1, -0.05) is 11.6 Å². The van der Waals surface area contributed by atoms with Crippen LogP contribution in [-0.2, 0) is 19.6 Å². The summed E-state index contributed by atoms with van der Waals surface area (Å²) in [5, 5.41) is 13.0. The molecule has 1 amide bonds. The molecule has 0 aromatic carbocycles. The zero-order chi connectivity index (χ0) is 16.0. The van der Waals surface area contributed by atoms with Gasteiger partial charge in [-0.05, 0) is 0 Å². The number of carbonyl (C=O) groups is 1. The molecule has 0 saturated carbocycles. The van der Waals surface area contributed by atoms with Crippen LogP contribution >= 0.6 is 22.9 Å². The van der Waals surface area contributed by atoms with Gasteiger partial charge in [0.25, 0.3) is 15.7 Å². The van der Waals surface area contributed by atoms with E-state index in [0.29, 0.717) is 17.9 Å². The number of nitrogens with one attached hydrogen (secondary N) is 2. The van der Waals surface area contributed by atoms with Crippen LogP contribution in [0.5, 0.6) is 0 Å². The highest BCUT2D eigenvalue weighted by Crippen LogP contribution is 2.35. The lowest BCUT2D eigenvalue weighted by molar-refractivity contribution is -0.384. The van der Waals surface area contributed by atoms with E-state index >= 15 is 0 Å². The van der Waals surface area contributed by atoms with Gasteiger partial charge < -0.3 is 10.1 Å². The summed E-state index contributed by atoms with van der Waals surface area (Å²) >= 11 is 6.13. The number of amides is 1. The van der Waals surface area contributed by atoms with Crippen molar-refractivity contribution >= 4 is 44.6 Å². The first-order valence-corrected chi connectivity index (χ1v) is 8.14. The summed E-state index contributed by atoms with van der Waals surface area (Å²) in [7, 11) is -2.57. The van der Waals surface area contributed by atoms with E-state index in [1.807, 2.05) is 4.72 Å². The average molecular weight is 358 g/mol. The fourth-order valence-electron chi connectivity index (χ4n) is 1.18.